The molecule has 0 amide bonds. The predicted octanol–water partition coefficient (Wildman–Crippen LogP) is 3.01. The van der Waals surface area contributed by atoms with Crippen LogP contribution in [-0.2, 0) is 15.0 Å². The summed E-state index contributed by atoms with van der Waals surface area (Å²) in [4.78, 5) is 17.8. The lowest BCUT2D eigenvalue weighted by molar-refractivity contribution is 0.0742. The molecule has 8 heteroatoms. The monoisotopic (exact) mass is 427 g/mol. The molecule has 2 N–H and O–H groups in total. The zero-order valence-electron chi connectivity index (χ0n) is 17.9. The van der Waals surface area contributed by atoms with E-state index in [0.29, 0.717) is 17.2 Å². The average Bonchev–Trinajstić information content (AvgIpc) is 3.21. The number of benzene rings is 1. The Morgan fingerprint density at radius 2 is 2.00 bits per heavy atom. The Labute approximate surface area is 185 Å². The first-order valence-electron chi connectivity index (χ1n) is 10.1. The Morgan fingerprint density at radius 1 is 1.12 bits per heavy atom. The summed E-state index contributed by atoms with van der Waals surface area (Å²) in [6.07, 6.45) is 6.67. The van der Waals surface area contributed by atoms with Crippen LogP contribution in [0.1, 0.15) is 30.5 Å². The first kappa shape index (κ1) is 20.0. The van der Waals surface area contributed by atoms with Crippen molar-refractivity contribution in [2.45, 2.75) is 25.0 Å². The van der Waals surface area contributed by atoms with Crippen molar-refractivity contribution in [2.24, 2.45) is 10.7 Å². The number of aliphatic imine (C=N–C) groups is 1. The SMILES string of the molecule is COC(C)(C)C#Cc1cnc2c(c1)[C@@]1(COC(N)=N1)c1cc(-c3cnccn3)ccc1O2. The van der Waals surface area contributed by atoms with Gasteiger partial charge in [-0.1, -0.05) is 11.8 Å². The quantitative estimate of drug-likeness (QED) is 0.627. The number of nitrogens with zero attached hydrogens (tertiary/aromatic N) is 4. The molecule has 2 aliphatic heterocycles. The first-order valence-corrected chi connectivity index (χ1v) is 10.1. The smallest absolute Gasteiger partial charge is 0.283 e. The third-order valence-corrected chi connectivity index (χ3v) is 5.54. The van der Waals surface area contributed by atoms with E-state index in [-0.39, 0.29) is 12.6 Å². The summed E-state index contributed by atoms with van der Waals surface area (Å²) in [5.41, 5.74) is 8.39. The summed E-state index contributed by atoms with van der Waals surface area (Å²) < 4.78 is 17.2. The van der Waals surface area contributed by atoms with Crippen LogP contribution >= 0.6 is 0 Å². The van der Waals surface area contributed by atoms with E-state index in [2.05, 4.69) is 26.8 Å². The molecule has 1 aromatic carbocycles. The Balaban J connectivity index is 1.66. The molecule has 0 saturated carbocycles. The summed E-state index contributed by atoms with van der Waals surface area (Å²) in [6, 6.07) is 7.83. The van der Waals surface area contributed by atoms with Crippen LogP contribution in [0.25, 0.3) is 11.3 Å². The molecule has 0 radical (unpaired) electrons. The molecule has 32 heavy (non-hydrogen) atoms. The number of methoxy groups -OCH3 is 1. The number of pyridine rings is 1. The topological polar surface area (TPSA) is 105 Å². The molecule has 0 fully saturated rings. The number of nitrogens with two attached hydrogens (primary N) is 1. The fourth-order valence-corrected chi connectivity index (χ4v) is 3.68. The van der Waals surface area contributed by atoms with Crippen molar-refractivity contribution in [3.8, 4) is 34.7 Å². The van der Waals surface area contributed by atoms with E-state index >= 15 is 0 Å². The van der Waals surface area contributed by atoms with Gasteiger partial charge in [-0.25, -0.2) is 9.98 Å². The second-order valence-electron chi connectivity index (χ2n) is 8.04. The van der Waals surface area contributed by atoms with E-state index in [9.17, 15) is 0 Å². The molecule has 1 spiro atoms. The maximum absolute atomic E-state index is 6.13. The number of amidine groups is 1. The van der Waals surface area contributed by atoms with Gasteiger partial charge in [-0.2, -0.15) is 0 Å². The third kappa shape index (κ3) is 3.33. The van der Waals surface area contributed by atoms with Crippen LogP contribution in [0, 0.1) is 11.8 Å². The van der Waals surface area contributed by atoms with Crippen molar-refractivity contribution in [2.75, 3.05) is 13.7 Å². The van der Waals surface area contributed by atoms with Gasteiger partial charge in [-0.05, 0) is 38.1 Å². The van der Waals surface area contributed by atoms with Gasteiger partial charge in [0.25, 0.3) is 6.02 Å². The molecule has 3 aromatic rings. The van der Waals surface area contributed by atoms with Gasteiger partial charge in [0, 0.05) is 42.4 Å². The second-order valence-corrected chi connectivity index (χ2v) is 8.04. The lowest BCUT2D eigenvalue weighted by atomic mass is 9.81. The number of aromatic nitrogens is 3. The van der Waals surface area contributed by atoms with E-state index < -0.39 is 11.1 Å². The van der Waals surface area contributed by atoms with E-state index in [4.69, 9.17) is 24.9 Å². The minimum Gasteiger partial charge on any atom is -0.462 e. The number of ether oxygens (including phenoxy) is 3. The van der Waals surface area contributed by atoms with Gasteiger partial charge >= 0.3 is 0 Å². The molecule has 2 aromatic heterocycles. The largest absolute Gasteiger partial charge is 0.462 e. The van der Waals surface area contributed by atoms with Crippen molar-refractivity contribution in [3.63, 3.8) is 0 Å². The minimum absolute atomic E-state index is 0.116. The highest BCUT2D eigenvalue weighted by Gasteiger charge is 2.47. The number of hydrogen-bond donors (Lipinski definition) is 1. The van der Waals surface area contributed by atoms with Gasteiger partial charge in [0.2, 0.25) is 5.88 Å². The van der Waals surface area contributed by atoms with Crippen molar-refractivity contribution >= 4 is 6.02 Å². The molecule has 4 heterocycles. The number of rotatable bonds is 2. The molecule has 2 aliphatic rings. The van der Waals surface area contributed by atoms with Gasteiger partial charge in [-0.3, -0.25) is 9.97 Å². The normalized spacial score (nSPS) is 18.5. The van der Waals surface area contributed by atoms with Gasteiger partial charge < -0.3 is 19.9 Å². The zero-order valence-corrected chi connectivity index (χ0v) is 17.9. The highest BCUT2D eigenvalue weighted by molar-refractivity contribution is 5.77. The van der Waals surface area contributed by atoms with Crippen LogP contribution in [0.15, 0.2) is 54.0 Å². The fraction of sp³-hybridized carbons (Fsp3) is 0.250. The lowest BCUT2D eigenvalue weighted by Gasteiger charge is -2.33. The standard InChI is InChI=1S/C24H21N5O3/c1-23(2,30-3)7-6-15-10-18-21(28-12-15)32-20-5-4-16(19-13-26-8-9-27-19)11-17(20)24(18)14-31-22(25)29-24/h4-5,8-13H,14H2,1-3H3,(H2,25,29)/t24-/m1/s1. The zero-order chi connectivity index (χ0) is 22.3. The van der Waals surface area contributed by atoms with Crippen molar-refractivity contribution < 1.29 is 14.2 Å². The van der Waals surface area contributed by atoms with E-state index in [0.717, 1.165) is 22.4 Å². The highest BCUT2D eigenvalue weighted by atomic mass is 16.5. The Morgan fingerprint density at radius 3 is 2.72 bits per heavy atom. The molecule has 0 saturated heterocycles. The van der Waals surface area contributed by atoms with Crippen molar-refractivity contribution in [1.82, 2.24) is 15.0 Å². The summed E-state index contributed by atoms with van der Waals surface area (Å²) in [7, 11) is 1.63. The van der Waals surface area contributed by atoms with Gasteiger partial charge in [0.05, 0.1) is 17.5 Å². The Bertz CT molecular complexity index is 1290. The average molecular weight is 427 g/mol. The number of fused-ring (bicyclic) bond motifs is 4. The molecule has 0 unspecified atom stereocenters. The summed E-state index contributed by atoms with van der Waals surface area (Å²) in [5.74, 6) is 7.33. The Hall–Kier alpha value is -3.96. The van der Waals surface area contributed by atoms with E-state index in [1.165, 1.54) is 0 Å². The van der Waals surface area contributed by atoms with Crippen LogP contribution in [0.4, 0.5) is 0 Å². The van der Waals surface area contributed by atoms with E-state index in [1.54, 1.807) is 31.9 Å². The Kier molecular flexibility index (Phi) is 4.57. The third-order valence-electron chi connectivity index (χ3n) is 5.54. The maximum Gasteiger partial charge on any atom is 0.283 e. The number of hydrogen-bond acceptors (Lipinski definition) is 8. The molecule has 0 bridgehead atoms. The van der Waals surface area contributed by atoms with Crippen LogP contribution in [0.3, 0.4) is 0 Å². The predicted molar refractivity (Wildman–Crippen MR) is 118 cm³/mol. The van der Waals surface area contributed by atoms with Crippen LogP contribution in [-0.4, -0.2) is 40.3 Å². The first-order chi connectivity index (χ1) is 15.4. The summed E-state index contributed by atoms with van der Waals surface area (Å²) in [5, 5.41) is 0. The maximum atomic E-state index is 6.13. The second kappa shape index (κ2) is 7.32. The van der Waals surface area contributed by atoms with Crippen molar-refractivity contribution in [3.05, 3.63) is 65.7 Å². The molecule has 8 nitrogen and oxygen atoms in total. The minimum atomic E-state index is -0.896. The highest BCUT2D eigenvalue weighted by Crippen LogP contribution is 2.50. The lowest BCUT2D eigenvalue weighted by Crippen LogP contribution is -2.31. The summed E-state index contributed by atoms with van der Waals surface area (Å²) >= 11 is 0. The van der Waals surface area contributed by atoms with Crippen LogP contribution < -0.4 is 10.5 Å². The van der Waals surface area contributed by atoms with Gasteiger partial charge in [0.1, 0.15) is 18.0 Å². The fourth-order valence-electron chi connectivity index (χ4n) is 3.68. The van der Waals surface area contributed by atoms with Gasteiger partial charge in [-0.15, -0.1) is 0 Å². The van der Waals surface area contributed by atoms with Crippen LogP contribution in [0.2, 0.25) is 0 Å². The van der Waals surface area contributed by atoms with Crippen LogP contribution in [0.5, 0.6) is 11.6 Å². The van der Waals surface area contributed by atoms with E-state index in [1.807, 2.05) is 38.1 Å². The van der Waals surface area contributed by atoms with Crippen molar-refractivity contribution in [1.29, 1.82) is 0 Å². The summed E-state index contributed by atoms with van der Waals surface area (Å²) in [6.45, 7) is 4.03. The molecule has 5 rings (SSSR count). The molecular weight excluding hydrogens is 406 g/mol. The molecular formula is C24H21N5O3. The molecule has 160 valence electrons. The molecule has 1 atom stereocenters. The molecule has 0 aliphatic carbocycles. The van der Waals surface area contributed by atoms with Gasteiger partial charge in [0.15, 0.2) is 5.54 Å².